The average Bonchev–Trinajstić information content (AvgIpc) is 2.73. The predicted molar refractivity (Wildman–Crippen MR) is 60.1 cm³/mol. The van der Waals surface area contributed by atoms with Gasteiger partial charge in [-0.15, -0.1) is 0 Å². The molecule has 1 saturated heterocycles. The number of para-hydroxylation sites is 1. The molecule has 0 bridgehead atoms. The van der Waals surface area contributed by atoms with Crippen molar-refractivity contribution in [3.05, 3.63) is 30.3 Å². The number of esters is 1. The Labute approximate surface area is 98.9 Å². The summed E-state index contributed by atoms with van der Waals surface area (Å²) in [4.78, 5) is 28.0. The molecule has 0 aliphatic carbocycles. The van der Waals surface area contributed by atoms with Crippen molar-refractivity contribution in [3.8, 4) is 0 Å². The summed E-state index contributed by atoms with van der Waals surface area (Å²) in [6.07, 6.45) is 0.0216. The Morgan fingerprint density at radius 1 is 1.47 bits per heavy atom. The van der Waals surface area contributed by atoms with E-state index in [1.165, 1.54) is 5.06 Å². The lowest BCUT2D eigenvalue weighted by molar-refractivity contribution is -0.145. The summed E-state index contributed by atoms with van der Waals surface area (Å²) < 4.78 is 4.91. The van der Waals surface area contributed by atoms with Crippen molar-refractivity contribution in [1.82, 2.24) is 0 Å². The van der Waals surface area contributed by atoms with Gasteiger partial charge in [0.25, 0.3) is 0 Å². The van der Waals surface area contributed by atoms with Gasteiger partial charge in [0.05, 0.1) is 18.7 Å². The first-order valence-corrected chi connectivity index (χ1v) is 5.44. The lowest BCUT2D eigenvalue weighted by atomic mass is 10.2. The first kappa shape index (κ1) is 11.4. The number of hydrogen-bond acceptors (Lipinski definition) is 5. The number of anilines is 1. The molecule has 0 N–H and O–H groups in total. The van der Waals surface area contributed by atoms with E-state index < -0.39 is 18.0 Å². The molecule has 2 rings (SSSR count). The van der Waals surface area contributed by atoms with Gasteiger partial charge in [-0.25, -0.2) is 9.59 Å². The number of hydrogen-bond donors (Lipinski definition) is 0. The fourth-order valence-electron chi connectivity index (χ4n) is 1.68. The maximum Gasteiger partial charge on any atom is 0.335 e. The molecule has 5 heteroatoms. The highest BCUT2D eigenvalue weighted by molar-refractivity contribution is 5.89. The van der Waals surface area contributed by atoms with Crippen LogP contribution in [0.15, 0.2) is 30.3 Å². The fraction of sp³-hybridized carbons (Fsp3) is 0.333. The molecular weight excluding hydrogens is 222 g/mol. The van der Waals surface area contributed by atoms with Gasteiger partial charge < -0.3 is 9.57 Å². The van der Waals surface area contributed by atoms with E-state index in [2.05, 4.69) is 0 Å². The van der Waals surface area contributed by atoms with Crippen molar-refractivity contribution < 1.29 is 19.2 Å². The Bertz CT molecular complexity index is 418. The van der Waals surface area contributed by atoms with Crippen LogP contribution in [0.25, 0.3) is 0 Å². The van der Waals surface area contributed by atoms with Gasteiger partial charge in [-0.3, -0.25) is 0 Å². The molecule has 1 unspecified atom stereocenters. The zero-order valence-electron chi connectivity index (χ0n) is 9.46. The van der Waals surface area contributed by atoms with Crippen LogP contribution in [0.1, 0.15) is 13.3 Å². The van der Waals surface area contributed by atoms with Crippen LogP contribution in [0, 0.1) is 0 Å². The molecule has 0 amide bonds. The SMILES string of the molecule is CCOC(=O)C1CC(=O)ON1c1ccccc1. The molecular formula is C12H13NO4. The van der Waals surface area contributed by atoms with E-state index in [-0.39, 0.29) is 13.0 Å². The van der Waals surface area contributed by atoms with Gasteiger partial charge in [0, 0.05) is 0 Å². The normalized spacial score (nSPS) is 19.0. The van der Waals surface area contributed by atoms with Crippen LogP contribution in [-0.4, -0.2) is 24.6 Å². The molecule has 1 aromatic rings. The monoisotopic (exact) mass is 235 g/mol. The molecule has 0 aromatic heterocycles. The molecule has 1 aromatic carbocycles. The molecule has 5 nitrogen and oxygen atoms in total. The quantitative estimate of drug-likeness (QED) is 0.739. The summed E-state index contributed by atoms with van der Waals surface area (Å²) in [6, 6.07) is 8.31. The zero-order valence-corrected chi connectivity index (χ0v) is 9.46. The Morgan fingerprint density at radius 2 is 2.18 bits per heavy atom. The van der Waals surface area contributed by atoms with E-state index in [4.69, 9.17) is 9.57 Å². The van der Waals surface area contributed by atoms with Crippen LogP contribution in [0.2, 0.25) is 0 Å². The molecule has 17 heavy (non-hydrogen) atoms. The van der Waals surface area contributed by atoms with Gasteiger partial charge in [0.1, 0.15) is 0 Å². The Kier molecular flexibility index (Phi) is 3.27. The zero-order chi connectivity index (χ0) is 12.3. The van der Waals surface area contributed by atoms with Crippen molar-refractivity contribution in [2.45, 2.75) is 19.4 Å². The first-order valence-electron chi connectivity index (χ1n) is 5.44. The number of rotatable bonds is 3. The highest BCUT2D eigenvalue weighted by atomic mass is 16.7. The topological polar surface area (TPSA) is 55.8 Å². The second kappa shape index (κ2) is 4.86. The summed E-state index contributed by atoms with van der Waals surface area (Å²) >= 11 is 0. The number of hydroxylamine groups is 1. The fourth-order valence-corrected chi connectivity index (χ4v) is 1.68. The Hall–Kier alpha value is -2.04. The largest absolute Gasteiger partial charge is 0.464 e. The third-order valence-electron chi connectivity index (χ3n) is 2.41. The van der Waals surface area contributed by atoms with Crippen LogP contribution in [0.3, 0.4) is 0 Å². The predicted octanol–water partition coefficient (Wildman–Crippen LogP) is 1.29. The van der Waals surface area contributed by atoms with Crippen LogP contribution in [-0.2, 0) is 19.2 Å². The highest BCUT2D eigenvalue weighted by Crippen LogP contribution is 2.25. The van der Waals surface area contributed by atoms with E-state index in [9.17, 15) is 9.59 Å². The Morgan fingerprint density at radius 3 is 2.82 bits per heavy atom. The van der Waals surface area contributed by atoms with Crippen molar-refractivity contribution in [2.75, 3.05) is 11.7 Å². The van der Waals surface area contributed by atoms with E-state index in [0.717, 1.165) is 0 Å². The smallest absolute Gasteiger partial charge is 0.335 e. The van der Waals surface area contributed by atoms with Crippen LogP contribution in [0.5, 0.6) is 0 Å². The molecule has 1 fully saturated rings. The van der Waals surface area contributed by atoms with Gasteiger partial charge in [0.2, 0.25) is 0 Å². The maximum atomic E-state index is 11.7. The molecule has 90 valence electrons. The number of carbonyl (C=O) groups excluding carboxylic acids is 2. The van der Waals surface area contributed by atoms with Gasteiger partial charge in [-0.1, -0.05) is 18.2 Å². The molecule has 0 spiro atoms. The summed E-state index contributed by atoms with van der Waals surface area (Å²) in [5, 5.41) is 1.31. The maximum absolute atomic E-state index is 11.7. The van der Waals surface area contributed by atoms with Gasteiger partial charge in [0.15, 0.2) is 6.04 Å². The van der Waals surface area contributed by atoms with Crippen molar-refractivity contribution in [2.24, 2.45) is 0 Å². The second-order valence-corrected chi connectivity index (χ2v) is 3.60. The molecule has 1 atom stereocenters. The minimum atomic E-state index is -0.690. The summed E-state index contributed by atoms with van der Waals surface area (Å²) in [5.74, 6) is -0.867. The molecule has 0 radical (unpaired) electrons. The van der Waals surface area contributed by atoms with Crippen LogP contribution in [0.4, 0.5) is 5.69 Å². The van der Waals surface area contributed by atoms with E-state index in [1.54, 1.807) is 19.1 Å². The third kappa shape index (κ3) is 2.38. The van der Waals surface area contributed by atoms with E-state index >= 15 is 0 Å². The Balaban J connectivity index is 2.20. The van der Waals surface area contributed by atoms with Gasteiger partial charge in [-0.05, 0) is 19.1 Å². The second-order valence-electron chi connectivity index (χ2n) is 3.60. The van der Waals surface area contributed by atoms with Gasteiger partial charge >= 0.3 is 11.9 Å². The number of ether oxygens (including phenoxy) is 1. The van der Waals surface area contributed by atoms with Crippen molar-refractivity contribution in [3.63, 3.8) is 0 Å². The highest BCUT2D eigenvalue weighted by Gasteiger charge is 2.39. The molecule has 1 heterocycles. The average molecular weight is 235 g/mol. The minimum absolute atomic E-state index is 0.0216. The number of carbonyl (C=O) groups is 2. The summed E-state index contributed by atoms with van der Waals surface area (Å²) in [7, 11) is 0. The minimum Gasteiger partial charge on any atom is -0.464 e. The van der Waals surface area contributed by atoms with E-state index in [0.29, 0.717) is 5.69 Å². The van der Waals surface area contributed by atoms with Crippen molar-refractivity contribution in [1.29, 1.82) is 0 Å². The van der Waals surface area contributed by atoms with E-state index in [1.807, 2.05) is 18.2 Å². The molecule has 1 aliphatic rings. The standard InChI is InChI=1S/C12H13NO4/c1-2-16-12(15)10-8-11(14)17-13(10)9-6-4-3-5-7-9/h3-7,10H,2,8H2,1H3. The first-order chi connectivity index (χ1) is 8.22. The lowest BCUT2D eigenvalue weighted by Gasteiger charge is -2.21. The third-order valence-corrected chi connectivity index (χ3v) is 2.41. The summed E-state index contributed by atoms with van der Waals surface area (Å²) in [6.45, 7) is 2.01. The van der Waals surface area contributed by atoms with Crippen molar-refractivity contribution >= 4 is 17.6 Å². The number of nitrogens with zero attached hydrogens (tertiary/aromatic N) is 1. The van der Waals surface area contributed by atoms with Crippen LogP contribution >= 0.6 is 0 Å². The molecule has 1 aliphatic heterocycles. The van der Waals surface area contributed by atoms with Crippen LogP contribution < -0.4 is 5.06 Å². The summed E-state index contributed by atoms with van der Waals surface area (Å²) in [5.41, 5.74) is 0.663. The van der Waals surface area contributed by atoms with Gasteiger partial charge in [-0.2, -0.15) is 5.06 Å². The number of benzene rings is 1. The molecule has 0 saturated carbocycles. The lowest BCUT2D eigenvalue weighted by Crippen LogP contribution is -2.36.